The Kier molecular flexibility index (Phi) is 4.64. The van der Waals surface area contributed by atoms with E-state index in [2.05, 4.69) is 14.9 Å². The van der Waals surface area contributed by atoms with Crippen LogP contribution in [0.4, 0.5) is 5.82 Å². The van der Waals surface area contributed by atoms with E-state index >= 15 is 0 Å². The van der Waals surface area contributed by atoms with E-state index in [1.54, 1.807) is 12.4 Å². The molecule has 2 unspecified atom stereocenters. The number of hydrogen-bond donors (Lipinski definition) is 0. The first-order valence-corrected chi connectivity index (χ1v) is 6.97. The van der Waals surface area contributed by atoms with Crippen molar-refractivity contribution in [2.24, 2.45) is 0 Å². The minimum atomic E-state index is 0.196. The molecule has 1 aromatic heterocycles. The Morgan fingerprint density at radius 1 is 1.39 bits per heavy atom. The maximum absolute atomic E-state index is 6.41. The van der Waals surface area contributed by atoms with Crippen LogP contribution in [0.2, 0.25) is 0 Å². The third kappa shape index (κ3) is 3.05. The molecule has 18 heavy (non-hydrogen) atoms. The van der Waals surface area contributed by atoms with Gasteiger partial charge in [0.2, 0.25) is 5.88 Å². The van der Waals surface area contributed by atoms with Gasteiger partial charge in [-0.2, -0.15) is 4.98 Å². The predicted octanol–water partition coefficient (Wildman–Crippen LogP) is 2.86. The first kappa shape index (κ1) is 13.4. The number of hydrogen-bond acceptors (Lipinski definition) is 4. The van der Waals surface area contributed by atoms with E-state index in [0.29, 0.717) is 18.5 Å². The van der Waals surface area contributed by atoms with E-state index in [1.807, 2.05) is 14.0 Å². The minimum absolute atomic E-state index is 0.196. The molecule has 100 valence electrons. The quantitative estimate of drug-likeness (QED) is 0.788. The van der Waals surface area contributed by atoms with Crippen molar-refractivity contribution in [3.05, 3.63) is 12.4 Å². The third-order valence-corrected chi connectivity index (χ3v) is 3.91. The normalized spacial score (nSPS) is 23.7. The van der Waals surface area contributed by atoms with Gasteiger partial charge in [-0.3, -0.25) is 4.98 Å². The Hall–Kier alpha value is -1.03. The van der Waals surface area contributed by atoms with Crippen molar-refractivity contribution in [3.8, 4) is 5.88 Å². The summed E-state index contributed by atoms with van der Waals surface area (Å²) in [6.07, 6.45) is 8.06. The van der Waals surface area contributed by atoms with Gasteiger partial charge in [-0.15, -0.1) is 11.6 Å². The second kappa shape index (κ2) is 6.23. The van der Waals surface area contributed by atoms with Crippen molar-refractivity contribution in [2.75, 3.05) is 18.6 Å². The average molecular weight is 270 g/mol. The molecule has 5 heteroatoms. The fourth-order valence-electron chi connectivity index (χ4n) is 2.40. The highest BCUT2D eigenvalue weighted by Gasteiger charge is 2.27. The van der Waals surface area contributed by atoms with Crippen molar-refractivity contribution in [3.63, 3.8) is 0 Å². The van der Waals surface area contributed by atoms with Crippen LogP contribution in [-0.2, 0) is 0 Å². The van der Waals surface area contributed by atoms with Gasteiger partial charge in [-0.1, -0.05) is 12.8 Å². The second-order valence-corrected chi connectivity index (χ2v) is 5.19. The molecule has 0 aliphatic heterocycles. The molecule has 1 saturated carbocycles. The first-order valence-electron chi connectivity index (χ1n) is 6.54. The number of rotatable bonds is 4. The topological polar surface area (TPSA) is 38.2 Å². The smallest absolute Gasteiger partial charge is 0.234 e. The molecule has 0 bridgehead atoms. The van der Waals surface area contributed by atoms with Gasteiger partial charge in [0, 0.05) is 13.1 Å². The number of nitrogens with zero attached hydrogens (tertiary/aromatic N) is 3. The van der Waals surface area contributed by atoms with E-state index in [9.17, 15) is 0 Å². The number of halogens is 1. The molecule has 1 aromatic rings. The Labute approximate surface area is 113 Å². The molecule has 0 saturated heterocycles. The number of anilines is 1. The summed E-state index contributed by atoms with van der Waals surface area (Å²) in [6.45, 7) is 2.54. The van der Waals surface area contributed by atoms with Crippen LogP contribution >= 0.6 is 11.6 Å². The monoisotopic (exact) mass is 269 g/mol. The molecule has 0 N–H and O–H groups in total. The lowest BCUT2D eigenvalue weighted by Crippen LogP contribution is -2.41. The Bertz CT molecular complexity index is 388. The molecule has 2 rings (SSSR count). The van der Waals surface area contributed by atoms with Crippen LogP contribution in [0.3, 0.4) is 0 Å². The molecule has 2 atom stereocenters. The fourth-order valence-corrected chi connectivity index (χ4v) is 2.85. The number of ether oxygens (including phenoxy) is 1. The van der Waals surface area contributed by atoms with E-state index in [-0.39, 0.29) is 5.38 Å². The van der Waals surface area contributed by atoms with E-state index < -0.39 is 0 Å². The summed E-state index contributed by atoms with van der Waals surface area (Å²) in [5.74, 6) is 1.40. The molecule has 1 fully saturated rings. The molecule has 0 amide bonds. The average Bonchev–Trinajstić information content (AvgIpc) is 2.39. The largest absolute Gasteiger partial charge is 0.477 e. The van der Waals surface area contributed by atoms with Gasteiger partial charge in [0.25, 0.3) is 0 Å². The lowest BCUT2D eigenvalue weighted by Gasteiger charge is -2.35. The highest BCUT2D eigenvalue weighted by Crippen LogP contribution is 2.29. The Balaban J connectivity index is 2.11. The zero-order valence-corrected chi connectivity index (χ0v) is 11.7. The highest BCUT2D eigenvalue weighted by atomic mass is 35.5. The van der Waals surface area contributed by atoms with Crippen molar-refractivity contribution >= 4 is 17.4 Å². The molecule has 0 radical (unpaired) electrons. The van der Waals surface area contributed by atoms with Crippen LogP contribution in [-0.4, -0.2) is 35.0 Å². The van der Waals surface area contributed by atoms with Crippen LogP contribution < -0.4 is 9.64 Å². The fraction of sp³-hybridized carbons (Fsp3) is 0.692. The van der Waals surface area contributed by atoms with Gasteiger partial charge in [0.1, 0.15) is 0 Å². The lowest BCUT2D eigenvalue weighted by atomic mass is 9.94. The van der Waals surface area contributed by atoms with E-state index in [4.69, 9.17) is 16.3 Å². The van der Waals surface area contributed by atoms with Crippen molar-refractivity contribution in [2.45, 2.75) is 44.0 Å². The summed E-state index contributed by atoms with van der Waals surface area (Å²) in [7, 11) is 2.03. The molecule has 0 aromatic carbocycles. The van der Waals surface area contributed by atoms with Crippen molar-refractivity contribution < 1.29 is 4.74 Å². The number of aromatic nitrogens is 2. The van der Waals surface area contributed by atoms with Crippen LogP contribution in [0.1, 0.15) is 32.6 Å². The van der Waals surface area contributed by atoms with Crippen LogP contribution in [0.5, 0.6) is 5.88 Å². The molecule has 1 aliphatic carbocycles. The maximum Gasteiger partial charge on any atom is 0.234 e. The van der Waals surface area contributed by atoms with E-state index in [0.717, 1.165) is 18.7 Å². The number of alkyl halides is 1. The van der Waals surface area contributed by atoms with Gasteiger partial charge in [-0.05, 0) is 19.8 Å². The summed E-state index contributed by atoms with van der Waals surface area (Å²) < 4.78 is 5.38. The molecule has 0 spiro atoms. The summed E-state index contributed by atoms with van der Waals surface area (Å²) in [5.41, 5.74) is 0. The summed E-state index contributed by atoms with van der Waals surface area (Å²) in [6, 6.07) is 0.339. The molecular formula is C13H20ClN3O. The third-order valence-electron chi connectivity index (χ3n) is 3.40. The predicted molar refractivity (Wildman–Crippen MR) is 73.5 cm³/mol. The maximum atomic E-state index is 6.41. The highest BCUT2D eigenvalue weighted by molar-refractivity contribution is 6.21. The molecule has 1 aliphatic rings. The van der Waals surface area contributed by atoms with Gasteiger partial charge in [0.15, 0.2) is 5.82 Å². The Morgan fingerprint density at radius 3 is 2.89 bits per heavy atom. The van der Waals surface area contributed by atoms with Gasteiger partial charge in [-0.25, -0.2) is 0 Å². The van der Waals surface area contributed by atoms with Gasteiger partial charge < -0.3 is 9.64 Å². The summed E-state index contributed by atoms with van der Waals surface area (Å²) in [4.78, 5) is 10.8. The molecule has 4 nitrogen and oxygen atoms in total. The van der Waals surface area contributed by atoms with Gasteiger partial charge in [0.05, 0.1) is 24.4 Å². The first-order chi connectivity index (χ1) is 8.72. The summed E-state index contributed by atoms with van der Waals surface area (Å²) >= 11 is 6.41. The van der Waals surface area contributed by atoms with Gasteiger partial charge >= 0.3 is 0 Å². The zero-order chi connectivity index (χ0) is 13.0. The Morgan fingerprint density at radius 2 is 2.17 bits per heavy atom. The second-order valence-electron chi connectivity index (χ2n) is 4.63. The van der Waals surface area contributed by atoms with Crippen LogP contribution in [0.25, 0.3) is 0 Å². The minimum Gasteiger partial charge on any atom is -0.477 e. The lowest BCUT2D eigenvalue weighted by molar-refractivity contribution is 0.325. The molecular weight excluding hydrogens is 250 g/mol. The SMILES string of the molecule is CCOc1cncc(N(C)C2CCCCC2Cl)n1. The zero-order valence-electron chi connectivity index (χ0n) is 11.0. The van der Waals surface area contributed by atoms with Crippen molar-refractivity contribution in [1.29, 1.82) is 0 Å². The van der Waals surface area contributed by atoms with E-state index in [1.165, 1.54) is 12.8 Å². The standard InChI is InChI=1S/C13H20ClN3O/c1-3-18-13-9-15-8-12(16-13)17(2)11-7-5-4-6-10(11)14/h8-11H,3-7H2,1-2H3. The van der Waals surface area contributed by atoms with Crippen molar-refractivity contribution in [1.82, 2.24) is 9.97 Å². The summed E-state index contributed by atoms with van der Waals surface area (Å²) in [5, 5.41) is 0.196. The van der Waals surface area contributed by atoms with Crippen LogP contribution in [0.15, 0.2) is 12.4 Å². The van der Waals surface area contributed by atoms with Crippen LogP contribution in [0, 0.1) is 0 Å². The molecule has 1 heterocycles.